The van der Waals surface area contributed by atoms with Crippen molar-refractivity contribution >= 4 is 17.2 Å². The Labute approximate surface area is 147 Å². The third kappa shape index (κ3) is 3.88. The van der Waals surface area contributed by atoms with Crippen LogP contribution in [0, 0.1) is 27.7 Å². The minimum Gasteiger partial charge on any atom is -0.437 e. The van der Waals surface area contributed by atoms with Crippen LogP contribution in [0.5, 0.6) is 11.6 Å². The fourth-order valence-electron chi connectivity index (χ4n) is 2.66. The number of aromatic nitrogens is 2. The number of nitrogens with one attached hydrogen (secondary N) is 1. The Morgan fingerprint density at radius 2 is 1.60 bits per heavy atom. The Morgan fingerprint density at radius 1 is 0.880 bits per heavy atom. The van der Waals surface area contributed by atoms with Gasteiger partial charge < -0.3 is 15.8 Å². The zero-order valence-electron chi connectivity index (χ0n) is 14.9. The van der Waals surface area contributed by atoms with Gasteiger partial charge in [0.15, 0.2) is 5.82 Å². The second kappa shape index (κ2) is 6.81. The summed E-state index contributed by atoms with van der Waals surface area (Å²) in [6.07, 6.45) is 1.45. The van der Waals surface area contributed by atoms with E-state index < -0.39 is 0 Å². The van der Waals surface area contributed by atoms with Crippen molar-refractivity contribution < 1.29 is 4.74 Å². The van der Waals surface area contributed by atoms with Crippen LogP contribution < -0.4 is 15.8 Å². The van der Waals surface area contributed by atoms with E-state index in [4.69, 9.17) is 10.5 Å². The molecule has 128 valence electrons. The van der Waals surface area contributed by atoms with Crippen LogP contribution in [0.15, 0.2) is 42.7 Å². The number of aryl methyl sites for hydroxylation is 4. The second-order valence-electron chi connectivity index (χ2n) is 6.31. The van der Waals surface area contributed by atoms with E-state index in [-0.39, 0.29) is 0 Å². The third-order valence-electron chi connectivity index (χ3n) is 3.90. The predicted octanol–water partition coefficient (Wildman–Crippen LogP) is 4.83. The molecule has 0 aliphatic carbocycles. The maximum atomic E-state index is 6.23. The van der Waals surface area contributed by atoms with E-state index in [2.05, 4.69) is 39.6 Å². The molecule has 0 fully saturated rings. The lowest BCUT2D eigenvalue weighted by Gasteiger charge is -2.14. The number of nitrogens with zero attached hydrogens (tertiary/aromatic N) is 2. The monoisotopic (exact) mass is 334 g/mol. The molecule has 0 aliphatic rings. The van der Waals surface area contributed by atoms with Gasteiger partial charge in [0.25, 0.3) is 0 Å². The van der Waals surface area contributed by atoms with Crippen LogP contribution in [-0.4, -0.2) is 9.97 Å². The number of ether oxygens (including phenoxy) is 1. The predicted molar refractivity (Wildman–Crippen MR) is 102 cm³/mol. The van der Waals surface area contributed by atoms with Crippen LogP contribution in [0.1, 0.15) is 22.3 Å². The average molecular weight is 334 g/mol. The highest BCUT2D eigenvalue weighted by atomic mass is 16.5. The number of nitrogens with two attached hydrogens (primary N) is 1. The van der Waals surface area contributed by atoms with Crippen molar-refractivity contribution in [1.29, 1.82) is 0 Å². The molecular weight excluding hydrogens is 312 g/mol. The topological polar surface area (TPSA) is 73.1 Å². The molecule has 5 heteroatoms. The normalized spacial score (nSPS) is 10.6. The molecule has 1 heterocycles. The van der Waals surface area contributed by atoms with E-state index in [0.717, 1.165) is 27.9 Å². The van der Waals surface area contributed by atoms with Crippen LogP contribution >= 0.6 is 0 Å². The molecule has 0 aliphatic heterocycles. The summed E-state index contributed by atoms with van der Waals surface area (Å²) < 4.78 is 5.89. The van der Waals surface area contributed by atoms with Crippen LogP contribution in [0.25, 0.3) is 0 Å². The van der Waals surface area contributed by atoms with Gasteiger partial charge in [-0.15, -0.1) is 0 Å². The molecule has 2 aromatic carbocycles. The SMILES string of the molecule is Cc1cc(C)cc(Oc2ncnc(Nc3cc(C)ccc3C)c2N)c1. The Morgan fingerprint density at radius 3 is 2.32 bits per heavy atom. The first-order chi connectivity index (χ1) is 11.9. The van der Waals surface area contributed by atoms with E-state index in [1.807, 2.05) is 39.8 Å². The van der Waals surface area contributed by atoms with Crippen molar-refractivity contribution in [2.75, 3.05) is 11.1 Å². The first-order valence-corrected chi connectivity index (χ1v) is 8.13. The number of nitrogen functional groups attached to an aromatic ring is 1. The van der Waals surface area contributed by atoms with Crippen molar-refractivity contribution in [3.63, 3.8) is 0 Å². The number of rotatable bonds is 4. The number of anilines is 3. The summed E-state index contributed by atoms with van der Waals surface area (Å²) in [4.78, 5) is 8.43. The van der Waals surface area contributed by atoms with Crippen LogP contribution in [-0.2, 0) is 0 Å². The molecule has 5 nitrogen and oxygen atoms in total. The Hall–Kier alpha value is -3.08. The molecule has 0 radical (unpaired) electrons. The fraction of sp³-hybridized carbons (Fsp3) is 0.200. The van der Waals surface area contributed by atoms with Crippen LogP contribution in [0.3, 0.4) is 0 Å². The van der Waals surface area contributed by atoms with Crippen molar-refractivity contribution in [3.8, 4) is 11.6 Å². The molecule has 0 unspecified atom stereocenters. The summed E-state index contributed by atoms with van der Waals surface area (Å²) in [6.45, 7) is 8.13. The molecule has 25 heavy (non-hydrogen) atoms. The van der Waals surface area contributed by atoms with Gasteiger partial charge in [0.2, 0.25) is 5.88 Å². The minimum absolute atomic E-state index is 0.341. The van der Waals surface area contributed by atoms with Crippen molar-refractivity contribution in [2.24, 2.45) is 0 Å². The molecule has 0 atom stereocenters. The lowest BCUT2D eigenvalue weighted by Crippen LogP contribution is -2.04. The Bertz CT molecular complexity index is 901. The van der Waals surface area contributed by atoms with Crippen molar-refractivity contribution in [3.05, 3.63) is 65.0 Å². The maximum absolute atomic E-state index is 6.23. The summed E-state index contributed by atoms with van der Waals surface area (Å²) in [5.41, 5.74) is 12.1. The number of hydrogen-bond donors (Lipinski definition) is 2. The first-order valence-electron chi connectivity index (χ1n) is 8.13. The highest BCUT2D eigenvalue weighted by Crippen LogP contribution is 2.32. The minimum atomic E-state index is 0.341. The standard InChI is InChI=1S/C20H22N4O/c1-12-5-6-15(4)17(10-12)24-19-18(21)20(23-11-22-19)25-16-8-13(2)7-14(3)9-16/h5-11H,21H2,1-4H3,(H,22,23,24). The summed E-state index contributed by atoms with van der Waals surface area (Å²) in [7, 11) is 0. The first kappa shape index (κ1) is 16.8. The molecule has 3 rings (SSSR count). The second-order valence-corrected chi connectivity index (χ2v) is 6.31. The zero-order chi connectivity index (χ0) is 18.0. The molecule has 0 spiro atoms. The molecule has 0 bridgehead atoms. The van der Waals surface area contributed by atoms with Gasteiger partial charge in [-0.2, -0.15) is 4.98 Å². The molecular formula is C20H22N4O. The number of benzene rings is 2. The molecule has 0 saturated heterocycles. The van der Waals surface area contributed by atoms with Gasteiger partial charge in [-0.3, -0.25) is 0 Å². The van der Waals surface area contributed by atoms with Crippen molar-refractivity contribution in [2.45, 2.75) is 27.7 Å². The quantitative estimate of drug-likeness (QED) is 0.715. The molecule has 0 saturated carbocycles. The van der Waals surface area contributed by atoms with Crippen LogP contribution in [0.2, 0.25) is 0 Å². The lowest BCUT2D eigenvalue weighted by molar-refractivity contribution is 0.464. The summed E-state index contributed by atoms with van der Waals surface area (Å²) in [5, 5.41) is 3.27. The highest BCUT2D eigenvalue weighted by molar-refractivity contribution is 5.73. The van der Waals surface area contributed by atoms with E-state index in [1.165, 1.54) is 6.33 Å². The summed E-state index contributed by atoms with van der Waals surface area (Å²) >= 11 is 0. The van der Waals surface area contributed by atoms with E-state index in [1.54, 1.807) is 0 Å². The largest absolute Gasteiger partial charge is 0.437 e. The van der Waals surface area contributed by atoms with E-state index in [0.29, 0.717) is 23.1 Å². The molecule has 0 amide bonds. The Balaban J connectivity index is 1.90. The number of hydrogen-bond acceptors (Lipinski definition) is 5. The highest BCUT2D eigenvalue weighted by Gasteiger charge is 2.12. The van der Waals surface area contributed by atoms with Gasteiger partial charge in [0, 0.05) is 5.69 Å². The average Bonchev–Trinajstić information content (AvgIpc) is 2.54. The van der Waals surface area contributed by atoms with Crippen molar-refractivity contribution in [1.82, 2.24) is 9.97 Å². The third-order valence-corrected chi connectivity index (χ3v) is 3.90. The van der Waals surface area contributed by atoms with Gasteiger partial charge in [0.1, 0.15) is 17.8 Å². The van der Waals surface area contributed by atoms with E-state index in [9.17, 15) is 0 Å². The molecule has 1 aromatic heterocycles. The zero-order valence-corrected chi connectivity index (χ0v) is 14.9. The van der Waals surface area contributed by atoms with Gasteiger partial charge in [-0.05, 0) is 68.1 Å². The molecule has 3 N–H and O–H groups in total. The van der Waals surface area contributed by atoms with Gasteiger partial charge in [-0.1, -0.05) is 18.2 Å². The van der Waals surface area contributed by atoms with E-state index >= 15 is 0 Å². The lowest BCUT2D eigenvalue weighted by atomic mass is 10.1. The van der Waals surface area contributed by atoms with Gasteiger partial charge in [0.05, 0.1) is 0 Å². The summed E-state index contributed by atoms with van der Waals surface area (Å²) in [5.74, 6) is 1.58. The smallest absolute Gasteiger partial charge is 0.248 e. The maximum Gasteiger partial charge on any atom is 0.248 e. The van der Waals surface area contributed by atoms with Crippen LogP contribution in [0.4, 0.5) is 17.2 Å². The molecule has 3 aromatic rings. The fourth-order valence-corrected chi connectivity index (χ4v) is 2.66. The van der Waals surface area contributed by atoms with Gasteiger partial charge in [-0.25, -0.2) is 4.98 Å². The summed E-state index contributed by atoms with van der Waals surface area (Å²) in [6, 6.07) is 12.2. The van der Waals surface area contributed by atoms with Gasteiger partial charge >= 0.3 is 0 Å². The Kier molecular flexibility index (Phi) is 4.57.